The van der Waals surface area contributed by atoms with Crippen LogP contribution in [0.5, 0.6) is 0 Å². The van der Waals surface area contributed by atoms with Gasteiger partial charge in [-0.25, -0.2) is 13.4 Å². The van der Waals surface area contributed by atoms with Crippen LogP contribution >= 0.6 is 39.7 Å². The van der Waals surface area contributed by atoms with Gasteiger partial charge in [-0.15, -0.1) is 28.3 Å². The van der Waals surface area contributed by atoms with E-state index >= 15 is 0 Å². The van der Waals surface area contributed by atoms with Gasteiger partial charge in [0.1, 0.15) is 5.01 Å². The lowest BCUT2D eigenvalue weighted by Crippen LogP contribution is -1.96. The van der Waals surface area contributed by atoms with Crippen molar-refractivity contribution >= 4 is 49.5 Å². The Hall–Kier alpha value is -1.02. The summed E-state index contributed by atoms with van der Waals surface area (Å²) in [6.45, 7) is 0. The van der Waals surface area contributed by atoms with E-state index in [0.29, 0.717) is 4.90 Å². The maximum absolute atomic E-state index is 11.4. The Morgan fingerprint density at radius 2 is 1.71 bits per heavy atom. The van der Waals surface area contributed by atoms with Crippen molar-refractivity contribution < 1.29 is 8.42 Å². The van der Waals surface area contributed by atoms with E-state index in [1.165, 1.54) is 6.26 Å². The monoisotopic (exact) mass is 401 g/mol. The average molecular weight is 402 g/mol. The third-order valence-electron chi connectivity index (χ3n) is 2.85. The minimum absolute atomic E-state index is 0. The second kappa shape index (κ2) is 6.39. The van der Waals surface area contributed by atoms with Gasteiger partial charge in [0.2, 0.25) is 0 Å². The van der Waals surface area contributed by atoms with Crippen LogP contribution in [0, 0.1) is 0 Å². The van der Waals surface area contributed by atoms with Crippen molar-refractivity contribution in [2.75, 3.05) is 6.26 Å². The summed E-state index contributed by atoms with van der Waals surface area (Å²) in [6, 6.07) is 8.87. The molecule has 0 saturated carbocycles. The largest absolute Gasteiger partial charge is 0.236 e. The molecule has 0 spiro atoms. The number of halogens is 1. The van der Waals surface area contributed by atoms with E-state index < -0.39 is 9.84 Å². The Kier molecular flexibility index (Phi) is 4.98. The van der Waals surface area contributed by atoms with Crippen LogP contribution in [0.1, 0.15) is 0 Å². The third kappa shape index (κ3) is 3.60. The molecule has 3 rings (SSSR count). The standard InChI is InChI=1S/C14H11NO2S3.BrH/c1-20(16,17)12-4-2-10(3-5-12)13-9-19-14(15-13)11-6-7-18-8-11;/h2-9H,1H3;1H. The molecule has 1 aromatic carbocycles. The van der Waals surface area contributed by atoms with E-state index in [1.54, 1.807) is 46.9 Å². The van der Waals surface area contributed by atoms with Crippen molar-refractivity contribution in [1.82, 2.24) is 4.98 Å². The Bertz CT molecular complexity index is 821. The number of aromatic nitrogens is 1. The third-order valence-corrected chi connectivity index (χ3v) is 5.55. The summed E-state index contributed by atoms with van der Waals surface area (Å²) in [5.74, 6) is 0. The topological polar surface area (TPSA) is 47.0 Å². The first-order valence-electron chi connectivity index (χ1n) is 5.82. The summed E-state index contributed by atoms with van der Waals surface area (Å²) < 4.78 is 22.9. The van der Waals surface area contributed by atoms with Crippen LogP contribution in [0.4, 0.5) is 0 Å². The van der Waals surface area contributed by atoms with Gasteiger partial charge in [0, 0.05) is 28.1 Å². The minimum Gasteiger partial charge on any atom is -0.236 e. The molecule has 0 aliphatic heterocycles. The van der Waals surface area contributed by atoms with Gasteiger partial charge in [0.05, 0.1) is 10.6 Å². The van der Waals surface area contributed by atoms with E-state index in [4.69, 9.17) is 0 Å². The fraction of sp³-hybridized carbons (Fsp3) is 0.0714. The summed E-state index contributed by atoms with van der Waals surface area (Å²) in [5, 5.41) is 7.06. The van der Waals surface area contributed by atoms with E-state index in [2.05, 4.69) is 10.4 Å². The number of hydrogen-bond acceptors (Lipinski definition) is 5. The summed E-state index contributed by atoms with van der Waals surface area (Å²) >= 11 is 3.23. The van der Waals surface area contributed by atoms with Gasteiger partial charge < -0.3 is 0 Å². The number of rotatable bonds is 3. The van der Waals surface area contributed by atoms with Crippen molar-refractivity contribution in [3.8, 4) is 21.8 Å². The number of thiazole rings is 1. The molecule has 2 aromatic heterocycles. The SMILES string of the molecule is Br.CS(=O)(=O)c1ccc(-c2csc(-c3ccsc3)n2)cc1. The summed E-state index contributed by atoms with van der Waals surface area (Å²) in [4.78, 5) is 4.92. The zero-order chi connectivity index (χ0) is 14.2. The highest BCUT2D eigenvalue weighted by molar-refractivity contribution is 8.93. The van der Waals surface area contributed by atoms with E-state index in [9.17, 15) is 8.42 Å². The van der Waals surface area contributed by atoms with E-state index in [-0.39, 0.29) is 17.0 Å². The molecule has 0 amide bonds. The number of hydrogen-bond donors (Lipinski definition) is 0. The first-order chi connectivity index (χ1) is 9.54. The molecule has 0 radical (unpaired) electrons. The Morgan fingerprint density at radius 3 is 2.29 bits per heavy atom. The fourth-order valence-corrected chi connectivity index (χ4v) is 3.97. The summed E-state index contributed by atoms with van der Waals surface area (Å²) in [5.41, 5.74) is 2.92. The van der Waals surface area contributed by atoms with Crippen LogP contribution in [0.2, 0.25) is 0 Å². The van der Waals surface area contributed by atoms with Crippen molar-refractivity contribution in [3.63, 3.8) is 0 Å². The molecule has 0 unspecified atom stereocenters. The maximum atomic E-state index is 11.4. The highest BCUT2D eigenvalue weighted by atomic mass is 79.9. The van der Waals surface area contributed by atoms with Gasteiger partial charge in [-0.3, -0.25) is 0 Å². The van der Waals surface area contributed by atoms with Gasteiger partial charge in [-0.1, -0.05) is 12.1 Å². The lowest BCUT2D eigenvalue weighted by molar-refractivity contribution is 0.602. The Labute approximate surface area is 142 Å². The zero-order valence-corrected chi connectivity index (χ0v) is 15.2. The van der Waals surface area contributed by atoms with Crippen LogP contribution in [0.25, 0.3) is 21.8 Å². The van der Waals surface area contributed by atoms with Crippen molar-refractivity contribution in [2.45, 2.75) is 4.90 Å². The lowest BCUT2D eigenvalue weighted by atomic mass is 10.2. The van der Waals surface area contributed by atoms with Gasteiger partial charge in [0.15, 0.2) is 9.84 Å². The van der Waals surface area contributed by atoms with Gasteiger partial charge >= 0.3 is 0 Å². The van der Waals surface area contributed by atoms with Crippen LogP contribution in [0.3, 0.4) is 0 Å². The molecular formula is C14H12BrNO2S3. The fourth-order valence-electron chi connectivity index (χ4n) is 1.80. The van der Waals surface area contributed by atoms with Crippen molar-refractivity contribution in [2.24, 2.45) is 0 Å². The van der Waals surface area contributed by atoms with Crippen LogP contribution < -0.4 is 0 Å². The van der Waals surface area contributed by atoms with Crippen LogP contribution in [-0.2, 0) is 9.84 Å². The Morgan fingerprint density at radius 1 is 1.00 bits per heavy atom. The summed E-state index contributed by atoms with van der Waals surface area (Å²) in [6.07, 6.45) is 1.21. The van der Waals surface area contributed by atoms with Crippen LogP contribution in [0.15, 0.2) is 51.4 Å². The number of benzene rings is 1. The molecule has 0 fully saturated rings. The predicted molar refractivity (Wildman–Crippen MR) is 94.3 cm³/mol. The highest BCUT2D eigenvalue weighted by Crippen LogP contribution is 2.30. The first kappa shape index (κ1) is 16.4. The predicted octanol–water partition coefficient (Wildman–Crippen LogP) is 4.52. The highest BCUT2D eigenvalue weighted by Gasteiger charge is 2.09. The smallest absolute Gasteiger partial charge is 0.175 e. The molecule has 2 heterocycles. The molecule has 0 bridgehead atoms. The summed E-state index contributed by atoms with van der Waals surface area (Å²) in [7, 11) is -3.15. The minimum atomic E-state index is -3.15. The van der Waals surface area contributed by atoms with Gasteiger partial charge in [-0.2, -0.15) is 11.3 Å². The molecule has 0 saturated heterocycles. The molecule has 110 valence electrons. The Balaban J connectivity index is 0.00000161. The molecular weight excluding hydrogens is 390 g/mol. The molecule has 3 nitrogen and oxygen atoms in total. The molecule has 0 aliphatic carbocycles. The number of nitrogens with zero attached hydrogens (tertiary/aromatic N) is 1. The van der Waals surface area contributed by atoms with Crippen molar-refractivity contribution in [3.05, 3.63) is 46.5 Å². The average Bonchev–Trinajstić information content (AvgIpc) is 3.09. The second-order valence-corrected chi connectivity index (χ2v) is 8.00. The number of thiophene rings is 1. The maximum Gasteiger partial charge on any atom is 0.175 e. The first-order valence-corrected chi connectivity index (χ1v) is 9.54. The molecule has 21 heavy (non-hydrogen) atoms. The molecule has 0 aliphatic rings. The molecule has 0 N–H and O–H groups in total. The molecule has 3 aromatic rings. The quantitative estimate of drug-likeness (QED) is 0.647. The van der Waals surface area contributed by atoms with Crippen molar-refractivity contribution in [1.29, 1.82) is 0 Å². The van der Waals surface area contributed by atoms with Crippen LogP contribution in [-0.4, -0.2) is 19.7 Å². The normalized spacial score (nSPS) is 11.1. The van der Waals surface area contributed by atoms with Gasteiger partial charge in [0.25, 0.3) is 0 Å². The zero-order valence-electron chi connectivity index (χ0n) is 11.0. The second-order valence-electron chi connectivity index (χ2n) is 4.35. The van der Waals surface area contributed by atoms with E-state index in [0.717, 1.165) is 21.8 Å². The van der Waals surface area contributed by atoms with E-state index in [1.807, 2.05) is 16.8 Å². The van der Waals surface area contributed by atoms with Gasteiger partial charge in [-0.05, 0) is 23.6 Å². The lowest BCUT2D eigenvalue weighted by Gasteiger charge is -2.00. The molecule has 7 heteroatoms. The number of sulfone groups is 1. The molecule has 0 atom stereocenters.